The number of hydrazine groups is 1. The average molecular weight is 213 g/mol. The number of rotatable bonds is 3. The van der Waals surface area contributed by atoms with Crippen molar-refractivity contribution in [3.05, 3.63) is 5.02 Å². The number of nitrogens with two attached hydrogens (primary N) is 1. The Hall–Kier alpha value is -1.08. The quantitative estimate of drug-likeness (QED) is 0.579. The van der Waals surface area contributed by atoms with E-state index in [1.54, 1.807) is 0 Å². The number of nitrogen functional groups attached to an aromatic ring is 1. The van der Waals surface area contributed by atoms with E-state index in [-0.39, 0.29) is 16.7 Å². The number of aromatic nitrogens is 2. The Kier molecular flexibility index (Phi) is 2.89. The predicted molar refractivity (Wildman–Crippen MR) is 42.7 cm³/mol. The normalized spacial score (nSPS) is 10.6. The van der Waals surface area contributed by atoms with E-state index in [1.165, 1.54) is 7.05 Å². The number of anilines is 1. The highest BCUT2D eigenvalue weighted by Crippen LogP contribution is 2.31. The Morgan fingerprint density at radius 1 is 1.69 bits per heavy atom. The number of alkyl halides is 2. The second-order valence-corrected chi connectivity index (χ2v) is 2.49. The van der Waals surface area contributed by atoms with Gasteiger partial charge in [-0.2, -0.15) is 8.78 Å². The molecule has 0 radical (unpaired) electrons. The van der Waals surface area contributed by atoms with Gasteiger partial charge in [0.25, 0.3) is 0 Å². The van der Waals surface area contributed by atoms with Crippen molar-refractivity contribution in [2.75, 3.05) is 5.43 Å². The molecule has 0 spiro atoms. The molecule has 74 valence electrons. The zero-order valence-corrected chi connectivity index (χ0v) is 7.35. The maximum absolute atomic E-state index is 11.8. The minimum atomic E-state index is -2.95. The molecule has 0 amide bonds. The number of hydrogen-bond donors (Lipinski definition) is 2. The zero-order valence-electron chi connectivity index (χ0n) is 6.59. The molecule has 1 rings (SSSR count). The van der Waals surface area contributed by atoms with E-state index in [0.29, 0.717) is 0 Å². The van der Waals surface area contributed by atoms with Crippen molar-refractivity contribution < 1.29 is 13.5 Å². The second-order valence-electron chi connectivity index (χ2n) is 2.11. The van der Waals surface area contributed by atoms with Crippen LogP contribution in [-0.4, -0.2) is 16.4 Å². The standard InChI is InChI=1S/C5H7ClF2N4O/c1-12-4(13-5(7)8)2(6)3(10-9)11-12/h5H,9H2,1H3,(H,10,11). The van der Waals surface area contributed by atoms with E-state index < -0.39 is 6.61 Å². The highest BCUT2D eigenvalue weighted by Gasteiger charge is 2.18. The van der Waals surface area contributed by atoms with Crippen LogP contribution in [0.5, 0.6) is 5.88 Å². The fourth-order valence-electron chi connectivity index (χ4n) is 0.787. The van der Waals surface area contributed by atoms with Crippen LogP contribution >= 0.6 is 11.6 Å². The fraction of sp³-hybridized carbons (Fsp3) is 0.400. The van der Waals surface area contributed by atoms with Crippen molar-refractivity contribution >= 4 is 17.4 Å². The van der Waals surface area contributed by atoms with E-state index in [0.717, 1.165) is 4.68 Å². The van der Waals surface area contributed by atoms with Crippen LogP contribution in [0.2, 0.25) is 5.02 Å². The molecule has 0 saturated heterocycles. The van der Waals surface area contributed by atoms with Gasteiger partial charge in [-0.25, -0.2) is 10.5 Å². The van der Waals surface area contributed by atoms with Crippen LogP contribution in [0.15, 0.2) is 0 Å². The molecule has 3 N–H and O–H groups in total. The number of nitrogens with zero attached hydrogens (tertiary/aromatic N) is 2. The predicted octanol–water partition coefficient (Wildman–Crippen LogP) is 0.961. The van der Waals surface area contributed by atoms with E-state index in [4.69, 9.17) is 17.4 Å². The van der Waals surface area contributed by atoms with Gasteiger partial charge in [-0.15, -0.1) is 5.10 Å². The van der Waals surface area contributed by atoms with E-state index in [1.807, 2.05) is 0 Å². The van der Waals surface area contributed by atoms with Crippen LogP contribution in [-0.2, 0) is 7.05 Å². The summed E-state index contributed by atoms with van der Waals surface area (Å²) in [6.07, 6.45) is 0. The molecule has 1 aromatic rings. The van der Waals surface area contributed by atoms with Crippen molar-refractivity contribution in [2.45, 2.75) is 6.61 Å². The van der Waals surface area contributed by atoms with Gasteiger partial charge in [0.15, 0.2) is 5.82 Å². The van der Waals surface area contributed by atoms with Gasteiger partial charge in [0.2, 0.25) is 5.88 Å². The summed E-state index contributed by atoms with van der Waals surface area (Å²) in [7, 11) is 1.41. The Bertz CT molecular complexity index is 303. The Morgan fingerprint density at radius 2 is 2.31 bits per heavy atom. The summed E-state index contributed by atoms with van der Waals surface area (Å²) < 4.78 is 28.8. The van der Waals surface area contributed by atoms with Gasteiger partial charge in [-0.1, -0.05) is 11.6 Å². The van der Waals surface area contributed by atoms with E-state index >= 15 is 0 Å². The van der Waals surface area contributed by atoms with Gasteiger partial charge >= 0.3 is 6.61 Å². The highest BCUT2D eigenvalue weighted by atomic mass is 35.5. The van der Waals surface area contributed by atoms with Gasteiger partial charge in [0, 0.05) is 7.05 Å². The largest absolute Gasteiger partial charge is 0.415 e. The van der Waals surface area contributed by atoms with E-state index in [2.05, 4.69) is 15.3 Å². The van der Waals surface area contributed by atoms with Crippen molar-refractivity contribution in [1.29, 1.82) is 0 Å². The Balaban J connectivity index is 2.98. The lowest BCUT2D eigenvalue weighted by Gasteiger charge is -2.03. The summed E-state index contributed by atoms with van der Waals surface area (Å²) in [5, 5.41) is 3.59. The third kappa shape index (κ3) is 1.99. The molecule has 0 atom stereocenters. The summed E-state index contributed by atoms with van der Waals surface area (Å²) in [5.41, 5.74) is 2.14. The molecule has 1 heterocycles. The molecule has 5 nitrogen and oxygen atoms in total. The molecule has 8 heteroatoms. The SMILES string of the molecule is Cn1nc(NN)c(Cl)c1OC(F)F. The lowest BCUT2D eigenvalue weighted by atomic mass is 10.6. The first-order chi connectivity index (χ1) is 6.06. The lowest BCUT2D eigenvalue weighted by molar-refractivity contribution is -0.0552. The van der Waals surface area contributed by atoms with Gasteiger partial charge in [0.1, 0.15) is 5.02 Å². The van der Waals surface area contributed by atoms with Crippen LogP contribution in [0.4, 0.5) is 14.6 Å². The lowest BCUT2D eigenvalue weighted by Crippen LogP contribution is -2.07. The number of hydrogen-bond acceptors (Lipinski definition) is 4. The van der Waals surface area contributed by atoms with Crippen LogP contribution < -0.4 is 16.0 Å². The van der Waals surface area contributed by atoms with Gasteiger partial charge in [-0.05, 0) is 0 Å². The molecule has 1 aromatic heterocycles. The highest BCUT2D eigenvalue weighted by molar-refractivity contribution is 6.34. The number of nitrogens with one attached hydrogen (secondary N) is 1. The topological polar surface area (TPSA) is 65.1 Å². The first-order valence-corrected chi connectivity index (χ1v) is 3.58. The molecule has 0 unspecified atom stereocenters. The molecule has 13 heavy (non-hydrogen) atoms. The number of ether oxygens (including phenoxy) is 1. The van der Waals surface area contributed by atoms with Crippen LogP contribution in [0.3, 0.4) is 0 Å². The van der Waals surface area contributed by atoms with Crippen molar-refractivity contribution in [3.8, 4) is 5.88 Å². The Labute approximate surface area is 77.4 Å². The fourth-order valence-corrected chi connectivity index (χ4v) is 1.05. The summed E-state index contributed by atoms with van der Waals surface area (Å²) >= 11 is 5.59. The average Bonchev–Trinajstić information content (AvgIpc) is 2.31. The summed E-state index contributed by atoms with van der Waals surface area (Å²) in [5.74, 6) is 4.86. The molecular weight excluding hydrogens is 206 g/mol. The Morgan fingerprint density at radius 3 is 2.69 bits per heavy atom. The second kappa shape index (κ2) is 3.75. The molecule has 0 aliphatic rings. The zero-order chi connectivity index (χ0) is 10.0. The maximum atomic E-state index is 11.8. The molecule has 0 saturated carbocycles. The summed E-state index contributed by atoms with van der Waals surface area (Å²) in [4.78, 5) is 0. The smallest absolute Gasteiger partial charge is 0.388 e. The van der Waals surface area contributed by atoms with Crippen LogP contribution in [0.25, 0.3) is 0 Å². The van der Waals surface area contributed by atoms with Gasteiger partial charge < -0.3 is 10.2 Å². The first kappa shape index (κ1) is 10.0. The monoisotopic (exact) mass is 212 g/mol. The van der Waals surface area contributed by atoms with Gasteiger partial charge in [0.05, 0.1) is 0 Å². The number of aryl methyl sites for hydroxylation is 1. The molecule has 0 aliphatic carbocycles. The van der Waals surface area contributed by atoms with Crippen LogP contribution in [0, 0.1) is 0 Å². The summed E-state index contributed by atoms with van der Waals surface area (Å²) in [6, 6.07) is 0. The molecule has 0 aliphatic heterocycles. The third-order valence-electron chi connectivity index (χ3n) is 1.28. The van der Waals surface area contributed by atoms with E-state index in [9.17, 15) is 8.78 Å². The van der Waals surface area contributed by atoms with Crippen molar-refractivity contribution in [1.82, 2.24) is 9.78 Å². The molecule has 0 aromatic carbocycles. The number of halogens is 3. The minimum Gasteiger partial charge on any atom is -0.415 e. The van der Waals surface area contributed by atoms with Crippen molar-refractivity contribution in [2.24, 2.45) is 12.9 Å². The van der Waals surface area contributed by atoms with Crippen LogP contribution in [0.1, 0.15) is 0 Å². The maximum Gasteiger partial charge on any atom is 0.388 e. The minimum absolute atomic E-state index is 0.0784. The molecule has 0 fully saturated rings. The van der Waals surface area contributed by atoms with Gasteiger partial charge in [-0.3, -0.25) is 0 Å². The third-order valence-corrected chi connectivity index (χ3v) is 1.62. The molecule has 0 bridgehead atoms. The summed E-state index contributed by atoms with van der Waals surface area (Å²) in [6.45, 7) is -2.95. The first-order valence-electron chi connectivity index (χ1n) is 3.20. The molecular formula is C5H7ClF2N4O. The van der Waals surface area contributed by atoms with Crippen molar-refractivity contribution in [3.63, 3.8) is 0 Å².